The average molecular weight is 337 g/mol. The number of esters is 1. The molecular weight excluding hydrogens is 322 g/mol. The second kappa shape index (κ2) is 7.77. The Morgan fingerprint density at radius 3 is 2.59 bits per heavy atom. The Morgan fingerprint density at radius 1 is 1.55 bits per heavy atom. The van der Waals surface area contributed by atoms with Crippen LogP contribution in [0, 0.1) is 11.3 Å². The highest BCUT2D eigenvalue weighted by Gasteiger charge is 2.49. The molecular formula is C13H15ClF2N2O4. The highest BCUT2D eigenvalue weighted by molar-refractivity contribution is 5.85. The predicted molar refractivity (Wildman–Crippen MR) is 75.1 cm³/mol. The van der Waals surface area contributed by atoms with Crippen LogP contribution in [0.5, 0.6) is 11.5 Å². The first-order valence-electron chi connectivity index (χ1n) is 5.91. The van der Waals surface area contributed by atoms with E-state index in [-0.39, 0.29) is 30.3 Å². The summed E-state index contributed by atoms with van der Waals surface area (Å²) < 4.78 is 36.8. The SMILES string of the molecule is CCOC(=O)C(F)(F)[C@@H](N)c1cc(C#N)cc(OC)c1O.Cl. The van der Waals surface area contributed by atoms with Crippen LogP contribution in [-0.2, 0) is 9.53 Å². The van der Waals surface area contributed by atoms with Crippen molar-refractivity contribution in [3.05, 3.63) is 23.3 Å². The van der Waals surface area contributed by atoms with Gasteiger partial charge in [-0.2, -0.15) is 14.0 Å². The van der Waals surface area contributed by atoms with Crippen molar-refractivity contribution in [3.63, 3.8) is 0 Å². The molecule has 122 valence electrons. The molecule has 3 N–H and O–H groups in total. The molecule has 0 saturated heterocycles. The lowest BCUT2D eigenvalue weighted by molar-refractivity contribution is -0.174. The fourth-order valence-electron chi connectivity index (χ4n) is 1.64. The first kappa shape index (κ1) is 19.9. The number of hydrogen-bond donors (Lipinski definition) is 2. The number of aromatic hydroxyl groups is 1. The first-order valence-corrected chi connectivity index (χ1v) is 5.91. The van der Waals surface area contributed by atoms with Gasteiger partial charge < -0.3 is 20.3 Å². The number of nitrogens with two attached hydrogens (primary N) is 1. The van der Waals surface area contributed by atoms with Crippen molar-refractivity contribution in [2.75, 3.05) is 13.7 Å². The normalized spacial score (nSPS) is 11.8. The maximum atomic E-state index is 13.9. The smallest absolute Gasteiger partial charge is 0.379 e. The van der Waals surface area contributed by atoms with Crippen LogP contribution in [0.4, 0.5) is 8.78 Å². The summed E-state index contributed by atoms with van der Waals surface area (Å²) >= 11 is 0. The van der Waals surface area contributed by atoms with Crippen LogP contribution in [0.2, 0.25) is 0 Å². The molecule has 1 aromatic carbocycles. The summed E-state index contributed by atoms with van der Waals surface area (Å²) in [6.45, 7) is 1.13. The van der Waals surface area contributed by atoms with Gasteiger partial charge in [0.15, 0.2) is 11.5 Å². The van der Waals surface area contributed by atoms with E-state index >= 15 is 0 Å². The van der Waals surface area contributed by atoms with Crippen molar-refractivity contribution in [2.24, 2.45) is 5.73 Å². The van der Waals surface area contributed by atoms with E-state index in [9.17, 15) is 18.7 Å². The number of hydrogen-bond acceptors (Lipinski definition) is 6. The highest BCUT2D eigenvalue weighted by atomic mass is 35.5. The molecule has 0 spiro atoms. The fraction of sp³-hybridized carbons (Fsp3) is 0.385. The van der Waals surface area contributed by atoms with E-state index in [1.807, 2.05) is 0 Å². The molecule has 0 aliphatic rings. The molecule has 0 aliphatic heterocycles. The molecule has 9 heteroatoms. The van der Waals surface area contributed by atoms with Crippen molar-refractivity contribution in [1.82, 2.24) is 0 Å². The van der Waals surface area contributed by atoms with Crippen molar-refractivity contribution in [3.8, 4) is 17.6 Å². The molecule has 22 heavy (non-hydrogen) atoms. The number of rotatable bonds is 5. The first-order chi connectivity index (χ1) is 9.79. The molecule has 0 saturated carbocycles. The lowest BCUT2D eigenvalue weighted by Crippen LogP contribution is -2.41. The minimum absolute atomic E-state index is 0. The van der Waals surface area contributed by atoms with Crippen LogP contribution in [0.15, 0.2) is 12.1 Å². The van der Waals surface area contributed by atoms with E-state index in [1.54, 1.807) is 6.07 Å². The minimum Gasteiger partial charge on any atom is -0.504 e. The number of carbonyl (C=O) groups excluding carboxylic acids is 1. The lowest BCUT2D eigenvalue weighted by atomic mass is 9.98. The largest absolute Gasteiger partial charge is 0.504 e. The Labute approximate surface area is 131 Å². The number of nitriles is 1. The molecule has 1 aromatic rings. The molecule has 0 aliphatic carbocycles. The predicted octanol–water partition coefficient (Wildman–Crippen LogP) is 1.89. The summed E-state index contributed by atoms with van der Waals surface area (Å²) in [4.78, 5) is 11.3. The molecule has 0 radical (unpaired) electrons. The third-order valence-electron chi connectivity index (χ3n) is 2.73. The monoisotopic (exact) mass is 336 g/mol. The van der Waals surface area contributed by atoms with Gasteiger partial charge in [0.05, 0.1) is 25.3 Å². The number of benzene rings is 1. The van der Waals surface area contributed by atoms with Crippen LogP contribution < -0.4 is 10.5 Å². The Hall–Kier alpha value is -2.11. The molecule has 0 fully saturated rings. The van der Waals surface area contributed by atoms with Crippen molar-refractivity contribution in [1.29, 1.82) is 5.26 Å². The number of phenolic OH excluding ortho intramolecular Hbond substituents is 1. The van der Waals surface area contributed by atoms with Crippen LogP contribution in [0.3, 0.4) is 0 Å². The molecule has 0 aromatic heterocycles. The molecule has 0 heterocycles. The summed E-state index contributed by atoms with van der Waals surface area (Å²) in [5.74, 6) is -6.72. The van der Waals surface area contributed by atoms with Crippen molar-refractivity contribution in [2.45, 2.75) is 18.9 Å². The van der Waals surface area contributed by atoms with Gasteiger partial charge in [0.2, 0.25) is 0 Å². The van der Waals surface area contributed by atoms with E-state index in [0.717, 1.165) is 12.1 Å². The Kier molecular flexibility index (Phi) is 7.03. The van der Waals surface area contributed by atoms with Crippen LogP contribution in [0.1, 0.15) is 24.1 Å². The van der Waals surface area contributed by atoms with Crippen LogP contribution in [-0.4, -0.2) is 30.7 Å². The zero-order chi connectivity index (χ0) is 16.2. The second-order valence-corrected chi connectivity index (χ2v) is 4.05. The van der Waals surface area contributed by atoms with Gasteiger partial charge in [-0.25, -0.2) is 4.79 Å². The van der Waals surface area contributed by atoms with E-state index in [1.165, 1.54) is 14.0 Å². The zero-order valence-electron chi connectivity index (χ0n) is 11.8. The number of alkyl halides is 2. The second-order valence-electron chi connectivity index (χ2n) is 4.05. The van der Waals surface area contributed by atoms with Gasteiger partial charge in [-0.3, -0.25) is 0 Å². The number of ether oxygens (including phenoxy) is 2. The van der Waals surface area contributed by atoms with Gasteiger partial charge in [0.1, 0.15) is 6.04 Å². The van der Waals surface area contributed by atoms with E-state index in [2.05, 4.69) is 4.74 Å². The number of nitrogens with zero attached hydrogens (tertiary/aromatic N) is 1. The van der Waals surface area contributed by atoms with Gasteiger partial charge in [-0.15, -0.1) is 12.4 Å². The van der Waals surface area contributed by atoms with Gasteiger partial charge in [-0.1, -0.05) is 0 Å². The molecule has 1 rings (SSSR count). The molecule has 0 amide bonds. The quantitative estimate of drug-likeness (QED) is 0.795. The van der Waals surface area contributed by atoms with Gasteiger partial charge in [0.25, 0.3) is 0 Å². The zero-order valence-corrected chi connectivity index (χ0v) is 12.6. The highest BCUT2D eigenvalue weighted by Crippen LogP contribution is 2.40. The maximum absolute atomic E-state index is 13.9. The Bertz CT molecular complexity index is 590. The van der Waals surface area contributed by atoms with Gasteiger partial charge in [0, 0.05) is 11.6 Å². The Morgan fingerprint density at radius 2 is 2.14 bits per heavy atom. The average Bonchev–Trinajstić information content (AvgIpc) is 2.46. The van der Waals surface area contributed by atoms with Gasteiger partial charge >= 0.3 is 11.9 Å². The van der Waals surface area contributed by atoms with Crippen LogP contribution in [0.25, 0.3) is 0 Å². The van der Waals surface area contributed by atoms with E-state index in [0.29, 0.717) is 0 Å². The lowest BCUT2D eigenvalue weighted by Gasteiger charge is -2.23. The number of halogens is 3. The van der Waals surface area contributed by atoms with Crippen molar-refractivity contribution < 1.29 is 28.2 Å². The van der Waals surface area contributed by atoms with Gasteiger partial charge in [-0.05, 0) is 13.0 Å². The van der Waals surface area contributed by atoms with Crippen molar-refractivity contribution >= 4 is 18.4 Å². The third-order valence-corrected chi connectivity index (χ3v) is 2.73. The molecule has 1 atom stereocenters. The fourth-order valence-corrected chi connectivity index (χ4v) is 1.64. The molecule has 6 nitrogen and oxygen atoms in total. The minimum atomic E-state index is -4.06. The molecule has 0 bridgehead atoms. The summed E-state index contributed by atoms with van der Waals surface area (Å²) in [5, 5.41) is 18.7. The molecule has 0 unspecified atom stereocenters. The van der Waals surface area contributed by atoms with E-state index in [4.69, 9.17) is 15.7 Å². The summed E-state index contributed by atoms with van der Waals surface area (Å²) in [7, 11) is 1.19. The summed E-state index contributed by atoms with van der Waals surface area (Å²) in [6.07, 6.45) is 0. The summed E-state index contributed by atoms with van der Waals surface area (Å²) in [6, 6.07) is 1.67. The third kappa shape index (κ3) is 3.75. The van der Waals surface area contributed by atoms with E-state index < -0.39 is 29.2 Å². The number of carbonyl (C=O) groups is 1. The summed E-state index contributed by atoms with van der Waals surface area (Å²) in [5.41, 5.74) is 4.85. The number of phenols is 1. The number of methoxy groups -OCH3 is 1. The maximum Gasteiger partial charge on any atom is 0.379 e. The standard InChI is InChI=1S/C13H14F2N2O4.ClH/c1-3-21-12(19)13(14,15)11(17)8-4-7(6-16)5-9(20-2)10(8)18;/h4-5,11,18H,3,17H2,1-2H3;1H/t11-;/m0./s1. The Balaban J connectivity index is 0.00000441. The van der Waals surface area contributed by atoms with Crippen LogP contribution >= 0.6 is 12.4 Å². The topological polar surface area (TPSA) is 106 Å².